The minimum Gasteiger partial charge on any atom is -0.492 e. The van der Waals surface area contributed by atoms with Gasteiger partial charge in [0.15, 0.2) is 0 Å². The van der Waals surface area contributed by atoms with Gasteiger partial charge in [0.25, 0.3) is 0 Å². The summed E-state index contributed by atoms with van der Waals surface area (Å²) < 4.78 is 5.73. The summed E-state index contributed by atoms with van der Waals surface area (Å²) in [4.78, 5) is 0. The molecule has 0 aliphatic heterocycles. The zero-order valence-electron chi connectivity index (χ0n) is 12.6. The van der Waals surface area contributed by atoms with Crippen molar-refractivity contribution < 1.29 is 4.74 Å². The van der Waals surface area contributed by atoms with E-state index in [0.717, 1.165) is 18.7 Å². The number of rotatable bonds is 6. The maximum absolute atomic E-state index is 5.73. The monoisotopic (exact) mass is 269 g/mol. The smallest absolute Gasteiger partial charge is 0.119 e. The molecule has 0 aliphatic carbocycles. The molecule has 0 radical (unpaired) electrons. The van der Waals surface area contributed by atoms with Crippen LogP contribution in [0.15, 0.2) is 42.5 Å². The lowest BCUT2D eigenvalue weighted by molar-refractivity contribution is 0.333. The second-order valence-electron chi connectivity index (χ2n) is 5.09. The molecule has 20 heavy (non-hydrogen) atoms. The van der Waals surface area contributed by atoms with Gasteiger partial charge >= 0.3 is 0 Å². The van der Waals surface area contributed by atoms with E-state index < -0.39 is 0 Å². The van der Waals surface area contributed by atoms with Crippen LogP contribution in [-0.2, 0) is 6.42 Å². The van der Waals surface area contributed by atoms with Crippen LogP contribution < -0.4 is 10.1 Å². The molecule has 0 bridgehead atoms. The van der Waals surface area contributed by atoms with Crippen LogP contribution >= 0.6 is 0 Å². The molecule has 0 aliphatic rings. The average molecular weight is 269 g/mol. The second-order valence-corrected chi connectivity index (χ2v) is 5.09. The number of anilines is 1. The molecule has 0 heterocycles. The summed E-state index contributed by atoms with van der Waals surface area (Å²) in [7, 11) is 0. The van der Waals surface area contributed by atoms with Crippen molar-refractivity contribution in [3.63, 3.8) is 0 Å². The summed E-state index contributed by atoms with van der Waals surface area (Å²) in [6, 6.07) is 14.7. The molecule has 0 aromatic heterocycles. The summed E-state index contributed by atoms with van der Waals surface area (Å²) in [6.07, 6.45) is 1.06. The Morgan fingerprint density at radius 3 is 2.40 bits per heavy atom. The lowest BCUT2D eigenvalue weighted by Gasteiger charge is -2.11. The fourth-order valence-corrected chi connectivity index (χ4v) is 2.19. The Bertz CT molecular complexity index is 546. The highest BCUT2D eigenvalue weighted by Crippen LogP contribution is 2.16. The quantitative estimate of drug-likeness (QED) is 0.787. The van der Waals surface area contributed by atoms with Crippen LogP contribution in [0.5, 0.6) is 5.75 Å². The molecular formula is C18H23NO. The first-order valence-corrected chi connectivity index (χ1v) is 7.22. The molecule has 0 saturated carbocycles. The van der Waals surface area contributed by atoms with Crippen molar-refractivity contribution in [1.29, 1.82) is 0 Å². The van der Waals surface area contributed by atoms with E-state index in [0.29, 0.717) is 6.61 Å². The number of aryl methyl sites for hydroxylation is 3. The predicted octanol–water partition coefficient (Wildman–Crippen LogP) is 4.36. The van der Waals surface area contributed by atoms with Crippen LogP contribution in [0.25, 0.3) is 0 Å². The van der Waals surface area contributed by atoms with Crippen molar-refractivity contribution in [1.82, 2.24) is 0 Å². The molecule has 0 unspecified atom stereocenters. The third-order valence-electron chi connectivity index (χ3n) is 3.40. The van der Waals surface area contributed by atoms with Crippen molar-refractivity contribution in [3.8, 4) is 5.75 Å². The van der Waals surface area contributed by atoms with E-state index in [2.05, 4.69) is 56.4 Å². The number of hydrogen-bond acceptors (Lipinski definition) is 2. The zero-order chi connectivity index (χ0) is 14.4. The normalized spacial score (nSPS) is 10.3. The van der Waals surface area contributed by atoms with Crippen molar-refractivity contribution in [2.24, 2.45) is 0 Å². The van der Waals surface area contributed by atoms with Gasteiger partial charge in [0.1, 0.15) is 12.4 Å². The minimum absolute atomic E-state index is 0.665. The lowest BCUT2D eigenvalue weighted by atomic mass is 10.1. The summed E-state index contributed by atoms with van der Waals surface area (Å²) >= 11 is 0. The van der Waals surface area contributed by atoms with Gasteiger partial charge in [-0.15, -0.1) is 0 Å². The van der Waals surface area contributed by atoms with Gasteiger partial charge in [0.05, 0.1) is 0 Å². The first kappa shape index (κ1) is 14.4. The Hall–Kier alpha value is -1.96. The molecule has 106 valence electrons. The summed E-state index contributed by atoms with van der Waals surface area (Å²) in [5.41, 5.74) is 5.09. The largest absolute Gasteiger partial charge is 0.492 e. The van der Waals surface area contributed by atoms with Crippen molar-refractivity contribution in [2.75, 3.05) is 18.5 Å². The highest BCUT2D eigenvalue weighted by atomic mass is 16.5. The van der Waals surface area contributed by atoms with Crippen LogP contribution in [0.4, 0.5) is 5.69 Å². The lowest BCUT2D eigenvalue weighted by Crippen LogP contribution is -2.12. The molecular weight excluding hydrogens is 246 g/mol. The topological polar surface area (TPSA) is 21.3 Å². The van der Waals surface area contributed by atoms with Crippen molar-refractivity contribution in [2.45, 2.75) is 27.2 Å². The Kier molecular flexibility index (Phi) is 5.05. The number of nitrogens with one attached hydrogen (secondary N) is 1. The van der Waals surface area contributed by atoms with Crippen molar-refractivity contribution >= 4 is 5.69 Å². The summed E-state index contributed by atoms with van der Waals surface area (Å²) in [6.45, 7) is 7.86. The molecule has 2 rings (SSSR count). The van der Waals surface area contributed by atoms with Crippen LogP contribution in [0.3, 0.4) is 0 Å². The standard InChI is InChI=1S/C18H23NO/c1-4-16-6-8-17(9-7-16)20-12-11-19-18-10-5-14(2)13-15(18)3/h5-10,13,19H,4,11-12H2,1-3H3. The highest BCUT2D eigenvalue weighted by Gasteiger charge is 1.98. The van der Waals surface area contributed by atoms with E-state index in [1.54, 1.807) is 0 Å². The van der Waals surface area contributed by atoms with E-state index in [1.165, 1.54) is 22.4 Å². The van der Waals surface area contributed by atoms with Gasteiger partial charge in [-0.05, 0) is 49.6 Å². The molecule has 2 aromatic carbocycles. The van der Waals surface area contributed by atoms with Crippen LogP contribution in [0.2, 0.25) is 0 Å². The molecule has 2 aromatic rings. The molecule has 0 fully saturated rings. The molecule has 2 heteroatoms. The van der Waals surface area contributed by atoms with E-state index >= 15 is 0 Å². The second kappa shape index (κ2) is 6.99. The van der Waals surface area contributed by atoms with Gasteiger partial charge < -0.3 is 10.1 Å². The number of hydrogen-bond donors (Lipinski definition) is 1. The third-order valence-corrected chi connectivity index (χ3v) is 3.40. The van der Waals surface area contributed by atoms with Gasteiger partial charge in [0.2, 0.25) is 0 Å². The zero-order valence-corrected chi connectivity index (χ0v) is 12.6. The number of benzene rings is 2. The fraction of sp³-hybridized carbons (Fsp3) is 0.333. The van der Waals surface area contributed by atoms with Gasteiger partial charge in [-0.25, -0.2) is 0 Å². The number of ether oxygens (including phenoxy) is 1. The third kappa shape index (κ3) is 4.02. The van der Waals surface area contributed by atoms with E-state index in [1.807, 2.05) is 12.1 Å². The maximum Gasteiger partial charge on any atom is 0.119 e. The van der Waals surface area contributed by atoms with Gasteiger partial charge in [0, 0.05) is 12.2 Å². The van der Waals surface area contributed by atoms with Gasteiger partial charge in [-0.3, -0.25) is 0 Å². The first-order valence-electron chi connectivity index (χ1n) is 7.22. The molecule has 1 N–H and O–H groups in total. The Balaban J connectivity index is 1.78. The molecule has 0 atom stereocenters. The fourth-order valence-electron chi connectivity index (χ4n) is 2.19. The van der Waals surface area contributed by atoms with Crippen LogP contribution in [0.1, 0.15) is 23.6 Å². The molecule has 0 spiro atoms. The van der Waals surface area contributed by atoms with Crippen LogP contribution in [0, 0.1) is 13.8 Å². The van der Waals surface area contributed by atoms with E-state index in [-0.39, 0.29) is 0 Å². The first-order chi connectivity index (χ1) is 9.69. The molecule has 0 amide bonds. The highest BCUT2D eigenvalue weighted by molar-refractivity contribution is 5.51. The maximum atomic E-state index is 5.73. The molecule has 2 nitrogen and oxygen atoms in total. The van der Waals surface area contributed by atoms with Crippen LogP contribution in [-0.4, -0.2) is 13.2 Å². The summed E-state index contributed by atoms with van der Waals surface area (Å²) in [5, 5.41) is 3.41. The summed E-state index contributed by atoms with van der Waals surface area (Å²) in [5.74, 6) is 0.935. The van der Waals surface area contributed by atoms with Gasteiger partial charge in [-0.2, -0.15) is 0 Å². The Morgan fingerprint density at radius 1 is 1.00 bits per heavy atom. The predicted molar refractivity (Wildman–Crippen MR) is 85.7 cm³/mol. The van der Waals surface area contributed by atoms with Crippen molar-refractivity contribution in [3.05, 3.63) is 59.2 Å². The average Bonchev–Trinajstić information content (AvgIpc) is 2.46. The Morgan fingerprint density at radius 2 is 1.75 bits per heavy atom. The van der Waals surface area contributed by atoms with E-state index in [4.69, 9.17) is 4.74 Å². The Labute approximate surface area is 121 Å². The van der Waals surface area contributed by atoms with E-state index in [9.17, 15) is 0 Å². The van der Waals surface area contributed by atoms with Gasteiger partial charge in [-0.1, -0.05) is 36.8 Å². The minimum atomic E-state index is 0.665. The SMILES string of the molecule is CCc1ccc(OCCNc2ccc(C)cc2C)cc1. The molecule has 0 saturated heterocycles.